The lowest BCUT2D eigenvalue weighted by atomic mass is 9.84. The minimum absolute atomic E-state index is 0.200. The molecular formula is C18H19ClN2O3S2. The lowest BCUT2D eigenvalue weighted by Crippen LogP contribution is -2.29. The topological polar surface area (TPSA) is 67.4 Å². The zero-order valence-corrected chi connectivity index (χ0v) is 16.4. The molecule has 8 heteroatoms. The van der Waals surface area contributed by atoms with Crippen LogP contribution in [0.25, 0.3) is 5.57 Å². The third-order valence-electron chi connectivity index (χ3n) is 4.68. The molecule has 1 aromatic carbocycles. The molecule has 2 aromatic rings. The van der Waals surface area contributed by atoms with Crippen molar-refractivity contribution in [2.24, 2.45) is 5.92 Å². The van der Waals surface area contributed by atoms with Gasteiger partial charge in [0.2, 0.25) is 0 Å². The molecule has 5 nitrogen and oxygen atoms in total. The summed E-state index contributed by atoms with van der Waals surface area (Å²) in [5.41, 5.74) is 2.76. The maximum Gasteiger partial charge on any atom is 0.271 e. The second-order valence-corrected chi connectivity index (χ2v) is 9.99. The molecule has 0 unspecified atom stereocenters. The van der Waals surface area contributed by atoms with E-state index in [-0.39, 0.29) is 4.21 Å². The number of allylic oxidation sites excluding steroid dienone is 1. The minimum Gasteiger partial charge on any atom is -0.489 e. The molecule has 3 heterocycles. The van der Waals surface area contributed by atoms with Gasteiger partial charge in [0.1, 0.15) is 16.6 Å². The molecular weight excluding hydrogens is 392 g/mol. The van der Waals surface area contributed by atoms with Gasteiger partial charge in [-0.25, -0.2) is 8.42 Å². The van der Waals surface area contributed by atoms with Gasteiger partial charge < -0.3 is 10.1 Å². The van der Waals surface area contributed by atoms with Crippen molar-refractivity contribution in [2.45, 2.75) is 17.1 Å². The van der Waals surface area contributed by atoms with Crippen molar-refractivity contribution in [1.82, 2.24) is 5.32 Å². The first kappa shape index (κ1) is 17.9. The first-order chi connectivity index (χ1) is 12.5. The smallest absolute Gasteiger partial charge is 0.271 e. The molecule has 138 valence electrons. The molecule has 1 fully saturated rings. The number of sulfonamides is 1. The fraction of sp³-hybridized carbons (Fsp3) is 0.333. The zero-order valence-electron chi connectivity index (χ0n) is 14.0. The predicted molar refractivity (Wildman–Crippen MR) is 106 cm³/mol. The van der Waals surface area contributed by atoms with E-state index in [4.69, 9.17) is 16.3 Å². The molecule has 2 aliphatic rings. The van der Waals surface area contributed by atoms with Crippen LogP contribution in [0.15, 0.2) is 40.6 Å². The Kier molecular flexibility index (Phi) is 4.96. The summed E-state index contributed by atoms with van der Waals surface area (Å²) < 4.78 is 34.1. The minimum atomic E-state index is -3.65. The number of fused-ring (bicyclic) bond motifs is 1. The molecule has 2 N–H and O–H groups in total. The van der Waals surface area contributed by atoms with Crippen molar-refractivity contribution in [3.63, 3.8) is 0 Å². The molecule has 0 atom stereocenters. The quantitative estimate of drug-likeness (QED) is 0.800. The Balaban J connectivity index is 1.63. The highest BCUT2D eigenvalue weighted by Gasteiger charge is 2.25. The average Bonchev–Trinajstić information content (AvgIpc) is 3.09. The molecule has 4 rings (SSSR count). The first-order valence-corrected chi connectivity index (χ1v) is 11.2. The van der Waals surface area contributed by atoms with Crippen LogP contribution >= 0.6 is 22.9 Å². The molecule has 1 saturated heterocycles. The summed E-state index contributed by atoms with van der Waals surface area (Å²) in [5.74, 6) is 1.28. The molecule has 0 spiro atoms. The fourth-order valence-electron chi connectivity index (χ4n) is 3.44. The van der Waals surface area contributed by atoms with Gasteiger partial charge in [-0.15, -0.1) is 11.3 Å². The van der Waals surface area contributed by atoms with Gasteiger partial charge in [0.15, 0.2) is 0 Å². The van der Waals surface area contributed by atoms with Gasteiger partial charge >= 0.3 is 0 Å². The number of anilines is 1. The molecule has 0 amide bonds. The van der Waals surface area contributed by atoms with Crippen molar-refractivity contribution in [3.05, 3.63) is 46.3 Å². The molecule has 1 aromatic heterocycles. The summed E-state index contributed by atoms with van der Waals surface area (Å²) in [6.07, 6.45) is 4.28. The third kappa shape index (κ3) is 3.62. The number of ether oxygens (including phenoxy) is 1. The van der Waals surface area contributed by atoms with Crippen molar-refractivity contribution in [3.8, 4) is 5.75 Å². The van der Waals surface area contributed by atoms with Crippen LogP contribution in [-0.2, 0) is 10.0 Å². The summed E-state index contributed by atoms with van der Waals surface area (Å²) in [5, 5.41) is 3.38. The predicted octanol–water partition coefficient (Wildman–Crippen LogP) is 3.98. The Labute approximate surface area is 162 Å². The number of thiophene rings is 1. The molecule has 0 radical (unpaired) electrons. The molecule has 0 aliphatic carbocycles. The lowest BCUT2D eigenvalue weighted by Gasteiger charge is -2.29. The van der Waals surface area contributed by atoms with E-state index in [1.807, 2.05) is 12.1 Å². The Morgan fingerprint density at radius 3 is 2.73 bits per heavy atom. The van der Waals surface area contributed by atoms with E-state index in [1.54, 1.807) is 12.1 Å². The Bertz CT molecular complexity index is 947. The van der Waals surface area contributed by atoms with Crippen molar-refractivity contribution < 1.29 is 13.2 Å². The average molecular weight is 411 g/mol. The number of nitrogens with one attached hydrogen (secondary N) is 2. The van der Waals surface area contributed by atoms with Crippen LogP contribution in [0, 0.1) is 5.92 Å². The van der Waals surface area contributed by atoms with Crippen molar-refractivity contribution >= 4 is 44.2 Å². The summed E-state index contributed by atoms with van der Waals surface area (Å²) in [4.78, 5) is 0. The van der Waals surface area contributed by atoms with E-state index < -0.39 is 10.0 Å². The van der Waals surface area contributed by atoms with Crippen LogP contribution < -0.4 is 14.8 Å². The number of piperidine rings is 1. The van der Waals surface area contributed by atoms with Crippen LogP contribution in [-0.4, -0.2) is 28.1 Å². The summed E-state index contributed by atoms with van der Waals surface area (Å²) in [6, 6.07) is 8.53. The van der Waals surface area contributed by atoms with E-state index in [9.17, 15) is 8.42 Å². The zero-order chi connectivity index (χ0) is 18.1. The Hall–Kier alpha value is -1.54. The van der Waals surface area contributed by atoms with Gasteiger partial charge in [0.25, 0.3) is 10.0 Å². The van der Waals surface area contributed by atoms with Crippen LogP contribution in [0.1, 0.15) is 18.4 Å². The van der Waals surface area contributed by atoms with Crippen molar-refractivity contribution in [2.75, 3.05) is 24.4 Å². The molecule has 0 saturated carbocycles. The maximum absolute atomic E-state index is 12.6. The second-order valence-electron chi connectivity index (χ2n) is 6.37. The SMILES string of the molecule is O=S(=O)(Nc1ccc2c(c1)C(C1CCNCC1)=CCO2)c1ccc(Cl)s1. The van der Waals surface area contributed by atoms with E-state index >= 15 is 0 Å². The number of benzene rings is 1. The highest BCUT2D eigenvalue weighted by Crippen LogP contribution is 2.39. The summed E-state index contributed by atoms with van der Waals surface area (Å²) >= 11 is 6.90. The van der Waals surface area contributed by atoms with Gasteiger partial charge in [-0.1, -0.05) is 11.6 Å². The van der Waals surface area contributed by atoms with Gasteiger partial charge in [-0.05, 0) is 73.8 Å². The van der Waals surface area contributed by atoms with Gasteiger partial charge in [-0.2, -0.15) is 0 Å². The molecule has 0 bridgehead atoms. The number of hydrogen-bond donors (Lipinski definition) is 2. The van der Waals surface area contributed by atoms with Gasteiger partial charge in [0.05, 0.1) is 4.34 Å². The van der Waals surface area contributed by atoms with Gasteiger partial charge in [0, 0.05) is 11.3 Å². The second kappa shape index (κ2) is 7.23. The van der Waals surface area contributed by atoms with Crippen LogP contribution in [0.5, 0.6) is 5.75 Å². The highest BCUT2D eigenvalue weighted by molar-refractivity contribution is 7.94. The Morgan fingerprint density at radius 1 is 1.19 bits per heavy atom. The number of hydrogen-bond acceptors (Lipinski definition) is 5. The van der Waals surface area contributed by atoms with E-state index in [2.05, 4.69) is 16.1 Å². The highest BCUT2D eigenvalue weighted by atomic mass is 35.5. The van der Waals surface area contributed by atoms with E-state index in [1.165, 1.54) is 11.6 Å². The van der Waals surface area contributed by atoms with Gasteiger partial charge in [-0.3, -0.25) is 4.72 Å². The maximum atomic E-state index is 12.6. The summed E-state index contributed by atoms with van der Waals surface area (Å²) in [7, 11) is -3.65. The van der Waals surface area contributed by atoms with Crippen LogP contribution in [0.3, 0.4) is 0 Å². The lowest BCUT2D eigenvalue weighted by molar-refractivity contribution is 0.351. The standard InChI is InChI=1S/C18H19ClN2O3S2/c19-17-3-4-18(25-17)26(22,23)21-13-1-2-16-15(11-13)14(7-10-24-16)12-5-8-20-9-6-12/h1-4,7,11-12,20-21H,5-6,8-10H2. The Morgan fingerprint density at radius 2 is 2.00 bits per heavy atom. The first-order valence-electron chi connectivity index (χ1n) is 8.49. The van der Waals surface area contributed by atoms with Crippen LogP contribution in [0.2, 0.25) is 4.34 Å². The monoisotopic (exact) mass is 410 g/mol. The molecule has 26 heavy (non-hydrogen) atoms. The van der Waals surface area contributed by atoms with Crippen LogP contribution in [0.4, 0.5) is 5.69 Å². The number of halogens is 1. The van der Waals surface area contributed by atoms with E-state index in [0.717, 1.165) is 48.6 Å². The largest absolute Gasteiger partial charge is 0.489 e. The normalized spacial score (nSPS) is 18.0. The fourth-order valence-corrected chi connectivity index (χ4v) is 5.98. The third-order valence-corrected chi connectivity index (χ3v) is 7.78. The van der Waals surface area contributed by atoms with E-state index in [0.29, 0.717) is 22.5 Å². The molecule has 2 aliphatic heterocycles. The van der Waals surface area contributed by atoms with Crippen molar-refractivity contribution in [1.29, 1.82) is 0 Å². The number of rotatable bonds is 4. The summed E-state index contributed by atoms with van der Waals surface area (Å²) in [6.45, 7) is 2.57.